The molecule has 2 rings (SSSR count). The standard InChI is InChI=1S/C11H14F2N2O2S/c12-11(13)9-7-8(14)1-2-10(9)15-3-5-18(16,17)6-4-15/h1-2,7,11H,3-6,14H2. The van der Waals surface area contributed by atoms with Gasteiger partial charge in [-0.2, -0.15) is 0 Å². The average Bonchev–Trinajstić information content (AvgIpc) is 2.29. The number of hydrogen-bond donors (Lipinski definition) is 1. The second-order valence-corrected chi connectivity index (χ2v) is 6.56. The van der Waals surface area contributed by atoms with Crippen LogP contribution in [-0.2, 0) is 9.84 Å². The van der Waals surface area contributed by atoms with Crippen LogP contribution in [0.4, 0.5) is 20.2 Å². The molecule has 18 heavy (non-hydrogen) atoms. The molecule has 7 heteroatoms. The van der Waals surface area contributed by atoms with E-state index in [-0.39, 0.29) is 35.8 Å². The molecule has 0 atom stereocenters. The van der Waals surface area contributed by atoms with Crippen molar-refractivity contribution in [3.05, 3.63) is 23.8 Å². The van der Waals surface area contributed by atoms with Crippen LogP contribution in [0.3, 0.4) is 0 Å². The minimum atomic E-state index is -3.02. The lowest BCUT2D eigenvalue weighted by Gasteiger charge is -2.30. The van der Waals surface area contributed by atoms with Crippen molar-refractivity contribution in [2.24, 2.45) is 0 Å². The predicted octanol–water partition coefficient (Wildman–Crippen LogP) is 1.44. The Hall–Kier alpha value is -1.37. The molecule has 1 saturated heterocycles. The maximum absolute atomic E-state index is 12.9. The van der Waals surface area contributed by atoms with Crippen LogP contribution in [-0.4, -0.2) is 33.0 Å². The zero-order chi connectivity index (χ0) is 13.3. The summed E-state index contributed by atoms with van der Waals surface area (Å²) >= 11 is 0. The molecular weight excluding hydrogens is 262 g/mol. The van der Waals surface area contributed by atoms with Crippen molar-refractivity contribution in [3.8, 4) is 0 Å². The summed E-state index contributed by atoms with van der Waals surface area (Å²) in [7, 11) is -3.02. The van der Waals surface area contributed by atoms with Gasteiger partial charge in [-0.05, 0) is 18.2 Å². The van der Waals surface area contributed by atoms with Gasteiger partial charge in [0, 0.05) is 30.0 Å². The van der Waals surface area contributed by atoms with E-state index in [2.05, 4.69) is 0 Å². The highest BCUT2D eigenvalue weighted by Crippen LogP contribution is 2.32. The number of benzene rings is 1. The fraction of sp³-hybridized carbons (Fsp3) is 0.455. The Morgan fingerprint density at radius 1 is 1.22 bits per heavy atom. The first-order valence-corrected chi connectivity index (χ1v) is 7.34. The van der Waals surface area contributed by atoms with Crippen LogP contribution in [0.5, 0.6) is 0 Å². The van der Waals surface area contributed by atoms with Crippen molar-refractivity contribution in [1.29, 1.82) is 0 Å². The quantitative estimate of drug-likeness (QED) is 0.830. The fourth-order valence-electron chi connectivity index (χ4n) is 1.99. The predicted molar refractivity (Wildman–Crippen MR) is 66.7 cm³/mol. The summed E-state index contributed by atoms with van der Waals surface area (Å²) in [5, 5.41) is 0. The van der Waals surface area contributed by atoms with E-state index in [1.165, 1.54) is 12.1 Å². The van der Waals surface area contributed by atoms with Gasteiger partial charge in [0.1, 0.15) is 0 Å². The largest absolute Gasteiger partial charge is 0.399 e. The molecule has 0 radical (unpaired) electrons. The van der Waals surface area contributed by atoms with E-state index in [0.29, 0.717) is 5.69 Å². The summed E-state index contributed by atoms with van der Waals surface area (Å²) < 4.78 is 48.4. The first-order chi connectivity index (χ1) is 8.39. The highest BCUT2D eigenvalue weighted by Gasteiger charge is 2.25. The average molecular weight is 276 g/mol. The van der Waals surface area contributed by atoms with Crippen LogP contribution in [0.1, 0.15) is 12.0 Å². The van der Waals surface area contributed by atoms with Gasteiger partial charge in [0.05, 0.1) is 11.5 Å². The second kappa shape index (κ2) is 4.72. The van der Waals surface area contributed by atoms with Crippen molar-refractivity contribution in [3.63, 3.8) is 0 Å². The maximum Gasteiger partial charge on any atom is 0.265 e. The van der Waals surface area contributed by atoms with Crippen LogP contribution in [0, 0.1) is 0 Å². The van der Waals surface area contributed by atoms with Gasteiger partial charge in [-0.15, -0.1) is 0 Å². The first-order valence-electron chi connectivity index (χ1n) is 5.52. The number of nitrogen functional groups attached to an aromatic ring is 1. The second-order valence-electron chi connectivity index (χ2n) is 4.26. The Kier molecular flexibility index (Phi) is 3.43. The van der Waals surface area contributed by atoms with E-state index in [1.54, 1.807) is 11.0 Å². The van der Waals surface area contributed by atoms with Gasteiger partial charge in [-0.3, -0.25) is 0 Å². The van der Waals surface area contributed by atoms with Crippen molar-refractivity contribution in [2.45, 2.75) is 6.43 Å². The molecule has 1 aliphatic heterocycles. The minimum Gasteiger partial charge on any atom is -0.399 e. The smallest absolute Gasteiger partial charge is 0.265 e. The molecule has 0 unspecified atom stereocenters. The van der Waals surface area contributed by atoms with E-state index in [9.17, 15) is 17.2 Å². The molecule has 1 aliphatic rings. The Morgan fingerprint density at radius 3 is 2.39 bits per heavy atom. The Balaban J connectivity index is 2.29. The van der Waals surface area contributed by atoms with E-state index in [0.717, 1.165) is 0 Å². The molecule has 0 aromatic heterocycles. The number of nitrogens with zero attached hydrogens (tertiary/aromatic N) is 1. The molecule has 100 valence electrons. The third kappa shape index (κ3) is 2.72. The Morgan fingerprint density at radius 2 is 1.83 bits per heavy atom. The summed E-state index contributed by atoms with van der Waals surface area (Å²) in [6.45, 7) is 0.484. The van der Waals surface area contributed by atoms with Gasteiger partial charge in [0.15, 0.2) is 9.84 Å². The lowest BCUT2D eigenvalue weighted by Crippen LogP contribution is -2.40. The van der Waals surface area contributed by atoms with Gasteiger partial charge in [-0.1, -0.05) is 0 Å². The van der Waals surface area contributed by atoms with Gasteiger partial charge >= 0.3 is 0 Å². The molecular formula is C11H14F2N2O2S. The van der Waals surface area contributed by atoms with E-state index < -0.39 is 16.3 Å². The lowest BCUT2D eigenvalue weighted by atomic mass is 10.1. The third-order valence-corrected chi connectivity index (χ3v) is 4.58. The zero-order valence-electron chi connectivity index (χ0n) is 9.64. The molecule has 2 N–H and O–H groups in total. The molecule has 0 spiro atoms. The lowest BCUT2D eigenvalue weighted by molar-refractivity contribution is 0.152. The van der Waals surface area contributed by atoms with E-state index in [1.807, 2.05) is 0 Å². The Bertz CT molecular complexity index is 532. The number of hydrogen-bond acceptors (Lipinski definition) is 4. The molecule has 0 bridgehead atoms. The molecule has 1 heterocycles. The van der Waals surface area contributed by atoms with Crippen LogP contribution in [0.2, 0.25) is 0 Å². The van der Waals surface area contributed by atoms with E-state index >= 15 is 0 Å². The molecule has 0 aliphatic carbocycles. The van der Waals surface area contributed by atoms with E-state index in [4.69, 9.17) is 5.73 Å². The minimum absolute atomic E-state index is 0.0000541. The van der Waals surface area contributed by atoms with Crippen LogP contribution in [0.15, 0.2) is 18.2 Å². The summed E-state index contributed by atoms with van der Waals surface area (Å²) in [5.74, 6) is 0.000108. The van der Waals surface area contributed by atoms with Gasteiger partial charge in [0.2, 0.25) is 0 Å². The van der Waals surface area contributed by atoms with Crippen molar-refractivity contribution >= 4 is 21.2 Å². The van der Waals surface area contributed by atoms with Crippen LogP contribution in [0.25, 0.3) is 0 Å². The first kappa shape index (κ1) is 13.1. The van der Waals surface area contributed by atoms with Crippen molar-refractivity contribution in [2.75, 3.05) is 35.2 Å². The number of halogens is 2. The maximum atomic E-state index is 12.9. The number of anilines is 2. The summed E-state index contributed by atoms with van der Waals surface area (Å²) in [4.78, 5) is 1.67. The summed E-state index contributed by atoms with van der Waals surface area (Å²) in [5.41, 5.74) is 5.99. The SMILES string of the molecule is Nc1ccc(N2CCS(=O)(=O)CC2)c(C(F)F)c1. The third-order valence-electron chi connectivity index (χ3n) is 2.97. The fourth-order valence-corrected chi connectivity index (χ4v) is 3.19. The van der Waals surface area contributed by atoms with Gasteiger partial charge in [0.25, 0.3) is 6.43 Å². The molecule has 1 aromatic carbocycles. The summed E-state index contributed by atoms with van der Waals surface area (Å²) in [6.07, 6.45) is -2.62. The zero-order valence-corrected chi connectivity index (χ0v) is 10.5. The molecule has 1 fully saturated rings. The van der Waals surface area contributed by atoms with Gasteiger partial charge in [-0.25, -0.2) is 17.2 Å². The molecule has 1 aromatic rings. The highest BCUT2D eigenvalue weighted by atomic mass is 32.2. The number of sulfone groups is 1. The topological polar surface area (TPSA) is 63.4 Å². The summed E-state index contributed by atoms with van der Waals surface area (Å²) in [6, 6.07) is 4.31. The van der Waals surface area contributed by atoms with Crippen molar-refractivity contribution in [1.82, 2.24) is 0 Å². The Labute approximate surface area is 104 Å². The molecule has 0 amide bonds. The number of alkyl halides is 2. The molecule has 0 saturated carbocycles. The van der Waals surface area contributed by atoms with Crippen molar-refractivity contribution < 1.29 is 17.2 Å². The van der Waals surface area contributed by atoms with Crippen LogP contribution >= 0.6 is 0 Å². The normalized spacial score (nSPS) is 19.2. The van der Waals surface area contributed by atoms with Gasteiger partial charge < -0.3 is 10.6 Å². The monoisotopic (exact) mass is 276 g/mol. The highest BCUT2D eigenvalue weighted by molar-refractivity contribution is 7.91. The number of rotatable bonds is 2. The molecule has 4 nitrogen and oxygen atoms in total. The van der Waals surface area contributed by atoms with Crippen LogP contribution < -0.4 is 10.6 Å². The number of nitrogens with two attached hydrogens (primary N) is 1.